The van der Waals surface area contributed by atoms with Crippen molar-refractivity contribution in [2.45, 2.75) is 0 Å². The number of ketones is 1. The van der Waals surface area contributed by atoms with Gasteiger partial charge < -0.3 is 5.32 Å². The third kappa shape index (κ3) is 0.775. The van der Waals surface area contributed by atoms with E-state index in [1.807, 2.05) is 0 Å². The molecule has 3 nitrogen and oxygen atoms in total. The minimum atomic E-state index is -0.277. The van der Waals surface area contributed by atoms with E-state index in [2.05, 4.69) is 5.32 Å². The molecule has 0 spiro atoms. The summed E-state index contributed by atoms with van der Waals surface area (Å²) in [5.74, 6) is 1.29. The van der Waals surface area contributed by atoms with E-state index in [0.29, 0.717) is 11.3 Å². The first kappa shape index (κ1) is 6.83. The zero-order valence-electron chi connectivity index (χ0n) is 6.13. The van der Waals surface area contributed by atoms with Crippen molar-refractivity contribution in [3.63, 3.8) is 0 Å². The normalized spacial score (nSPS) is 13.7. The zero-order valence-corrected chi connectivity index (χ0v) is 6.13. The Balaban J connectivity index is 2.64. The van der Waals surface area contributed by atoms with Crippen molar-refractivity contribution in [1.82, 2.24) is 0 Å². The molecule has 0 fully saturated rings. The maximum absolute atomic E-state index is 11.3. The molecular weight excluding hydrogens is 154 g/mol. The highest BCUT2D eigenvalue weighted by atomic mass is 16.1. The first-order chi connectivity index (χ1) is 5.83. The molecule has 1 aliphatic rings. The number of benzene rings is 1. The number of nitrogens with one attached hydrogen (secondary N) is 1. The highest BCUT2D eigenvalue weighted by molar-refractivity contribution is 6.22. The van der Waals surface area contributed by atoms with Gasteiger partial charge in [0.15, 0.2) is 11.6 Å². The molecule has 1 N–H and O–H groups in total. The summed E-state index contributed by atoms with van der Waals surface area (Å²) in [5.41, 5.74) is 1.22. The Kier molecular flexibility index (Phi) is 1.32. The largest absolute Gasteiger partial charge is 0.343 e. The van der Waals surface area contributed by atoms with Crippen LogP contribution in [0.3, 0.4) is 0 Å². The van der Waals surface area contributed by atoms with E-state index in [4.69, 9.17) is 0 Å². The average Bonchev–Trinajstić information content (AvgIpc) is 2.44. The van der Waals surface area contributed by atoms with Gasteiger partial charge in [-0.15, -0.1) is 0 Å². The molecule has 0 atom stereocenters. The number of fused-ring (bicyclic) bond motifs is 1. The van der Waals surface area contributed by atoms with Crippen molar-refractivity contribution in [1.29, 1.82) is 0 Å². The molecule has 3 heteroatoms. The standard InChI is InChI=1S/C9H5NO2/c11-5-8-9(12)6-3-1-2-4-7(6)10-8/h1-4,10H. The fourth-order valence-corrected chi connectivity index (χ4v) is 1.19. The van der Waals surface area contributed by atoms with Crippen molar-refractivity contribution in [3.8, 4) is 0 Å². The van der Waals surface area contributed by atoms with Crippen molar-refractivity contribution in [2.75, 3.05) is 5.32 Å². The number of carbonyl (C=O) groups is 1. The Bertz CT molecular complexity index is 403. The minimum Gasteiger partial charge on any atom is -0.343 e. The van der Waals surface area contributed by atoms with Crippen LogP contribution in [0.5, 0.6) is 0 Å². The van der Waals surface area contributed by atoms with Gasteiger partial charge in [0, 0.05) is 5.56 Å². The topological polar surface area (TPSA) is 46.2 Å². The number of Topliss-reactive ketones (excluding diaryl/α,β-unsaturated/α-hetero) is 1. The second-order valence-electron chi connectivity index (χ2n) is 2.48. The molecule has 0 amide bonds. The monoisotopic (exact) mass is 159 g/mol. The smallest absolute Gasteiger partial charge is 0.222 e. The molecule has 2 rings (SSSR count). The van der Waals surface area contributed by atoms with E-state index in [1.54, 1.807) is 30.2 Å². The Morgan fingerprint density at radius 1 is 1.25 bits per heavy atom. The minimum absolute atomic E-state index is 0.00352. The maximum Gasteiger partial charge on any atom is 0.222 e. The molecule has 0 radical (unpaired) electrons. The molecule has 1 heterocycles. The lowest BCUT2D eigenvalue weighted by atomic mass is 10.1. The van der Waals surface area contributed by atoms with Crippen LogP contribution in [0.2, 0.25) is 0 Å². The highest BCUT2D eigenvalue weighted by Crippen LogP contribution is 2.25. The SMILES string of the molecule is O=C=C1Nc2ccccc2C1=O. The molecule has 1 aliphatic heterocycles. The van der Waals surface area contributed by atoms with E-state index < -0.39 is 0 Å². The van der Waals surface area contributed by atoms with Gasteiger partial charge in [0.2, 0.25) is 5.78 Å². The number of allylic oxidation sites excluding steroid dienone is 1. The van der Waals surface area contributed by atoms with E-state index in [-0.39, 0.29) is 11.5 Å². The van der Waals surface area contributed by atoms with E-state index >= 15 is 0 Å². The fourth-order valence-electron chi connectivity index (χ4n) is 1.19. The van der Waals surface area contributed by atoms with E-state index in [9.17, 15) is 9.59 Å². The molecule has 0 saturated carbocycles. The van der Waals surface area contributed by atoms with Crippen molar-refractivity contribution < 1.29 is 9.59 Å². The second kappa shape index (κ2) is 2.32. The van der Waals surface area contributed by atoms with Gasteiger partial charge in [-0.3, -0.25) is 4.79 Å². The van der Waals surface area contributed by atoms with Gasteiger partial charge in [0.25, 0.3) is 0 Å². The molecule has 0 unspecified atom stereocenters. The predicted molar refractivity (Wildman–Crippen MR) is 43.6 cm³/mol. The highest BCUT2D eigenvalue weighted by Gasteiger charge is 2.24. The average molecular weight is 159 g/mol. The molecule has 12 heavy (non-hydrogen) atoms. The van der Waals surface area contributed by atoms with E-state index in [0.717, 1.165) is 0 Å². The summed E-state index contributed by atoms with van der Waals surface area (Å²) >= 11 is 0. The third-order valence-corrected chi connectivity index (χ3v) is 1.76. The molecule has 1 aromatic rings. The molecule has 0 saturated heterocycles. The lowest BCUT2D eigenvalue weighted by molar-refractivity contribution is 0.104. The van der Waals surface area contributed by atoms with Gasteiger partial charge in [0.1, 0.15) is 0 Å². The summed E-state index contributed by atoms with van der Waals surface area (Å²) in [7, 11) is 0. The molecule has 0 aliphatic carbocycles. The summed E-state index contributed by atoms with van der Waals surface area (Å²) in [6.07, 6.45) is 0. The quantitative estimate of drug-likeness (QED) is 0.454. The Labute approximate surface area is 68.7 Å². The first-order valence-electron chi connectivity index (χ1n) is 3.49. The first-order valence-corrected chi connectivity index (χ1v) is 3.49. The summed E-state index contributed by atoms with van der Waals surface area (Å²) in [6.45, 7) is 0. The molecule has 1 aromatic carbocycles. The van der Waals surface area contributed by atoms with Crippen molar-refractivity contribution in [2.24, 2.45) is 0 Å². The van der Waals surface area contributed by atoms with Crippen LogP contribution in [-0.2, 0) is 4.79 Å². The van der Waals surface area contributed by atoms with Gasteiger partial charge in [-0.2, -0.15) is 0 Å². The fraction of sp³-hybridized carbons (Fsp3) is 0. The summed E-state index contributed by atoms with van der Waals surface area (Å²) in [4.78, 5) is 21.5. The number of anilines is 1. The van der Waals surface area contributed by atoms with Gasteiger partial charge in [0.05, 0.1) is 5.69 Å². The lowest BCUT2D eigenvalue weighted by Gasteiger charge is -1.92. The van der Waals surface area contributed by atoms with Gasteiger partial charge in [-0.1, -0.05) is 12.1 Å². The Hall–Kier alpha value is -1.86. The summed E-state index contributed by atoms with van der Waals surface area (Å²) in [5, 5.41) is 2.68. The van der Waals surface area contributed by atoms with Crippen LogP contribution in [0.15, 0.2) is 30.0 Å². The number of para-hydroxylation sites is 1. The zero-order chi connectivity index (χ0) is 8.55. The summed E-state index contributed by atoms with van der Waals surface area (Å²) in [6, 6.07) is 6.98. The van der Waals surface area contributed by atoms with E-state index in [1.165, 1.54) is 0 Å². The maximum atomic E-state index is 11.3. The van der Waals surface area contributed by atoms with Crippen LogP contribution in [0.1, 0.15) is 10.4 Å². The van der Waals surface area contributed by atoms with Crippen LogP contribution in [0, 0.1) is 0 Å². The van der Waals surface area contributed by atoms with Crippen molar-refractivity contribution >= 4 is 17.4 Å². The van der Waals surface area contributed by atoms with Gasteiger partial charge in [-0.05, 0) is 12.1 Å². The molecule has 0 aromatic heterocycles. The van der Waals surface area contributed by atoms with Crippen LogP contribution in [-0.4, -0.2) is 11.7 Å². The van der Waals surface area contributed by atoms with Gasteiger partial charge in [-0.25, -0.2) is 4.79 Å². The van der Waals surface area contributed by atoms with Gasteiger partial charge >= 0.3 is 0 Å². The third-order valence-electron chi connectivity index (χ3n) is 1.76. The number of carbonyl (C=O) groups excluding carboxylic acids is 2. The summed E-state index contributed by atoms with van der Waals surface area (Å²) < 4.78 is 0. The number of hydrogen-bond donors (Lipinski definition) is 1. The van der Waals surface area contributed by atoms with Crippen LogP contribution >= 0.6 is 0 Å². The van der Waals surface area contributed by atoms with Crippen LogP contribution < -0.4 is 5.32 Å². The Morgan fingerprint density at radius 2 is 2.00 bits per heavy atom. The molecule has 0 bridgehead atoms. The second-order valence-corrected chi connectivity index (χ2v) is 2.48. The number of hydrogen-bond acceptors (Lipinski definition) is 3. The Morgan fingerprint density at radius 3 is 2.67 bits per heavy atom. The predicted octanol–water partition coefficient (Wildman–Crippen LogP) is 1.01. The number of rotatable bonds is 0. The van der Waals surface area contributed by atoms with Crippen LogP contribution in [0.4, 0.5) is 5.69 Å². The van der Waals surface area contributed by atoms with Crippen LogP contribution in [0.25, 0.3) is 0 Å². The molecular formula is C9H5NO2. The lowest BCUT2D eigenvalue weighted by Crippen LogP contribution is -1.99. The van der Waals surface area contributed by atoms with Crippen molar-refractivity contribution in [3.05, 3.63) is 35.5 Å². The molecule has 58 valence electrons.